The molecule has 2 aromatic carbocycles. The van der Waals surface area contributed by atoms with Gasteiger partial charge in [0, 0.05) is 16.8 Å². The third-order valence-electron chi connectivity index (χ3n) is 4.10. The van der Waals surface area contributed by atoms with Crippen LogP contribution in [0.25, 0.3) is 0 Å². The number of carbonyl (C=O) groups excluding carboxylic acids is 1. The van der Waals surface area contributed by atoms with E-state index < -0.39 is 17.9 Å². The average Bonchev–Trinajstić information content (AvgIpc) is 2.60. The predicted octanol–water partition coefficient (Wildman–Crippen LogP) is 3.83. The summed E-state index contributed by atoms with van der Waals surface area (Å²) >= 11 is 5.81. The maximum Gasteiger partial charge on any atom is 0.349 e. The summed E-state index contributed by atoms with van der Waals surface area (Å²) in [6, 6.07) is 9.41. The van der Waals surface area contributed by atoms with E-state index in [2.05, 4.69) is 0 Å². The minimum absolute atomic E-state index is 0.318. The van der Waals surface area contributed by atoms with Crippen LogP contribution in [0.2, 0.25) is 5.02 Å². The second-order valence-corrected chi connectivity index (χ2v) is 6.02. The van der Waals surface area contributed by atoms with Crippen molar-refractivity contribution in [1.29, 1.82) is 0 Å². The molecular weight excluding hydrogens is 340 g/mol. The summed E-state index contributed by atoms with van der Waals surface area (Å²) in [5.41, 5.74) is 0.661. The minimum atomic E-state index is -3.46. The summed E-state index contributed by atoms with van der Waals surface area (Å²) in [6.07, 6.45) is 0. The maximum atomic E-state index is 14.2. The number of hydrogen-bond acceptors (Lipinski definition) is 3. The van der Waals surface area contributed by atoms with E-state index in [0.29, 0.717) is 41.0 Å². The van der Waals surface area contributed by atoms with Gasteiger partial charge in [0.1, 0.15) is 19.3 Å². The Labute approximate surface area is 141 Å². The molecule has 0 unspecified atom stereocenters. The smallest absolute Gasteiger partial charge is 0.349 e. The van der Waals surface area contributed by atoms with Crippen LogP contribution < -0.4 is 14.4 Å². The Bertz CT molecular complexity index is 810. The molecule has 2 aromatic rings. The number of carbonyl (C=O) groups is 1. The van der Waals surface area contributed by atoms with E-state index in [-0.39, 0.29) is 0 Å². The fraction of sp³-hybridized carbons (Fsp3) is 0.235. The highest BCUT2D eigenvalue weighted by molar-refractivity contribution is 6.30. The number of halogens is 3. The molecule has 0 bridgehead atoms. The molecular formula is C17H12ClF2NO3. The molecule has 2 aliphatic heterocycles. The third-order valence-corrected chi connectivity index (χ3v) is 4.35. The number of amides is 1. The van der Waals surface area contributed by atoms with E-state index in [0.717, 1.165) is 4.90 Å². The summed E-state index contributed by atoms with van der Waals surface area (Å²) in [5, 5.41) is 0.443. The van der Waals surface area contributed by atoms with Gasteiger partial charge in [-0.25, -0.2) is 0 Å². The summed E-state index contributed by atoms with van der Waals surface area (Å²) in [6.45, 7) is 0.807. The van der Waals surface area contributed by atoms with Crippen molar-refractivity contribution < 1.29 is 23.0 Å². The molecule has 7 heteroatoms. The monoisotopic (exact) mass is 351 g/mol. The average molecular weight is 352 g/mol. The highest BCUT2D eigenvalue weighted by atomic mass is 35.5. The fourth-order valence-corrected chi connectivity index (χ4v) is 3.07. The number of ether oxygens (including phenoxy) is 2. The largest absolute Gasteiger partial charge is 0.486 e. The van der Waals surface area contributed by atoms with Crippen LogP contribution in [0.5, 0.6) is 11.5 Å². The molecule has 124 valence electrons. The highest BCUT2D eigenvalue weighted by Gasteiger charge is 2.64. The molecule has 0 saturated carbocycles. The maximum absolute atomic E-state index is 14.2. The molecule has 0 aliphatic carbocycles. The number of alkyl halides is 2. The van der Waals surface area contributed by atoms with E-state index in [1.807, 2.05) is 0 Å². The Hall–Kier alpha value is -2.34. The second kappa shape index (κ2) is 5.34. The van der Waals surface area contributed by atoms with Gasteiger partial charge in [-0.05, 0) is 29.8 Å². The van der Waals surface area contributed by atoms with Crippen LogP contribution in [0.4, 0.5) is 14.5 Å². The number of β-lactam (4-membered cyclic amide) rings is 1. The van der Waals surface area contributed by atoms with Crippen molar-refractivity contribution in [2.24, 2.45) is 0 Å². The minimum Gasteiger partial charge on any atom is -0.486 e. The molecule has 0 radical (unpaired) electrons. The molecule has 1 saturated heterocycles. The molecule has 1 fully saturated rings. The van der Waals surface area contributed by atoms with Gasteiger partial charge in [-0.2, -0.15) is 8.78 Å². The van der Waals surface area contributed by atoms with E-state index >= 15 is 0 Å². The quantitative estimate of drug-likeness (QED) is 0.772. The zero-order chi connectivity index (χ0) is 16.9. The van der Waals surface area contributed by atoms with Gasteiger partial charge in [0.2, 0.25) is 0 Å². The number of fused-ring (bicyclic) bond motifs is 1. The van der Waals surface area contributed by atoms with Gasteiger partial charge < -0.3 is 9.47 Å². The van der Waals surface area contributed by atoms with Gasteiger partial charge in [0.25, 0.3) is 0 Å². The van der Waals surface area contributed by atoms with Gasteiger partial charge in [0.05, 0.1) is 0 Å². The van der Waals surface area contributed by atoms with Crippen LogP contribution in [0.3, 0.4) is 0 Å². The number of hydrogen-bond donors (Lipinski definition) is 0. The van der Waals surface area contributed by atoms with Crippen LogP contribution in [-0.4, -0.2) is 25.0 Å². The van der Waals surface area contributed by atoms with Gasteiger partial charge >= 0.3 is 11.8 Å². The SMILES string of the molecule is O=C1N(c2ccc3c(c2)OCCO3)[C@H](c2ccc(Cl)cc2)C1(F)F. The molecule has 2 heterocycles. The van der Waals surface area contributed by atoms with E-state index in [9.17, 15) is 13.6 Å². The van der Waals surface area contributed by atoms with Gasteiger partial charge in [-0.3, -0.25) is 9.69 Å². The first-order valence-corrected chi connectivity index (χ1v) is 7.73. The van der Waals surface area contributed by atoms with Gasteiger partial charge in [0.15, 0.2) is 11.5 Å². The predicted molar refractivity (Wildman–Crippen MR) is 84.1 cm³/mol. The summed E-state index contributed by atoms with van der Waals surface area (Å²) < 4.78 is 39.2. The Balaban J connectivity index is 1.73. The van der Waals surface area contributed by atoms with Gasteiger partial charge in [-0.15, -0.1) is 0 Å². The van der Waals surface area contributed by atoms with E-state index in [4.69, 9.17) is 21.1 Å². The van der Waals surface area contributed by atoms with E-state index in [1.54, 1.807) is 18.2 Å². The van der Waals surface area contributed by atoms with Crippen molar-refractivity contribution in [2.75, 3.05) is 18.1 Å². The van der Waals surface area contributed by atoms with Crippen molar-refractivity contribution >= 4 is 23.2 Å². The normalized spacial score (nSPS) is 21.4. The Morgan fingerprint density at radius 2 is 1.71 bits per heavy atom. The lowest BCUT2D eigenvalue weighted by Gasteiger charge is -2.46. The molecule has 4 rings (SSSR count). The first-order chi connectivity index (χ1) is 11.5. The Kier molecular flexibility index (Phi) is 3.38. The standard InChI is InChI=1S/C17H12ClF2NO3/c18-11-3-1-10(2-4-11)15-17(19,20)16(22)21(15)12-5-6-13-14(9-12)24-8-7-23-13/h1-6,9,15H,7-8H2/t15-/m1/s1. The van der Waals surface area contributed by atoms with Crippen molar-refractivity contribution in [3.8, 4) is 11.5 Å². The number of rotatable bonds is 2. The van der Waals surface area contributed by atoms with Crippen LogP contribution in [0.15, 0.2) is 42.5 Å². The summed E-state index contributed by atoms with van der Waals surface area (Å²) in [5.74, 6) is -3.72. The zero-order valence-electron chi connectivity index (χ0n) is 12.3. The molecule has 0 spiro atoms. The summed E-state index contributed by atoms with van der Waals surface area (Å²) in [4.78, 5) is 13.1. The first-order valence-electron chi connectivity index (χ1n) is 7.35. The molecule has 4 nitrogen and oxygen atoms in total. The van der Waals surface area contributed by atoms with Crippen molar-refractivity contribution in [1.82, 2.24) is 0 Å². The third kappa shape index (κ3) is 2.21. The topological polar surface area (TPSA) is 38.8 Å². The molecule has 0 N–H and O–H groups in total. The van der Waals surface area contributed by atoms with Gasteiger partial charge in [-0.1, -0.05) is 23.7 Å². The lowest BCUT2D eigenvalue weighted by atomic mass is 9.89. The fourth-order valence-electron chi connectivity index (χ4n) is 2.94. The van der Waals surface area contributed by atoms with E-state index in [1.165, 1.54) is 24.3 Å². The second-order valence-electron chi connectivity index (χ2n) is 5.58. The Morgan fingerprint density at radius 1 is 1.04 bits per heavy atom. The highest BCUT2D eigenvalue weighted by Crippen LogP contribution is 2.50. The zero-order valence-corrected chi connectivity index (χ0v) is 13.1. The lowest BCUT2D eigenvalue weighted by Crippen LogP contribution is -2.64. The number of nitrogens with zero attached hydrogens (tertiary/aromatic N) is 1. The van der Waals surface area contributed by atoms with Crippen molar-refractivity contribution in [3.05, 3.63) is 53.1 Å². The Morgan fingerprint density at radius 3 is 2.42 bits per heavy atom. The molecule has 24 heavy (non-hydrogen) atoms. The van der Waals surface area contributed by atoms with Crippen molar-refractivity contribution in [2.45, 2.75) is 12.0 Å². The van der Waals surface area contributed by atoms with Crippen LogP contribution in [0.1, 0.15) is 11.6 Å². The summed E-state index contributed by atoms with van der Waals surface area (Å²) in [7, 11) is 0. The van der Waals surface area contributed by atoms with Crippen LogP contribution >= 0.6 is 11.6 Å². The number of anilines is 1. The van der Waals surface area contributed by atoms with Crippen LogP contribution in [-0.2, 0) is 4.79 Å². The molecule has 1 amide bonds. The molecule has 0 aromatic heterocycles. The number of benzene rings is 2. The molecule has 1 atom stereocenters. The van der Waals surface area contributed by atoms with Crippen molar-refractivity contribution in [3.63, 3.8) is 0 Å². The lowest BCUT2D eigenvalue weighted by molar-refractivity contribution is -0.162. The van der Waals surface area contributed by atoms with Crippen LogP contribution in [0, 0.1) is 0 Å². The first kappa shape index (κ1) is 15.2. The molecule has 2 aliphatic rings.